The first-order valence-corrected chi connectivity index (χ1v) is 8.66. The summed E-state index contributed by atoms with van der Waals surface area (Å²) in [7, 11) is 0. The first kappa shape index (κ1) is 16.6. The van der Waals surface area contributed by atoms with Crippen LogP contribution in [0.1, 0.15) is 22.5 Å². The van der Waals surface area contributed by atoms with E-state index in [1.807, 2.05) is 66.7 Å². The van der Waals surface area contributed by atoms with Crippen molar-refractivity contribution in [2.75, 3.05) is 0 Å². The Balaban J connectivity index is 1.65. The lowest BCUT2D eigenvalue weighted by atomic mass is 10.0. The molecule has 27 heavy (non-hydrogen) atoms. The number of nitriles is 1. The van der Waals surface area contributed by atoms with E-state index in [2.05, 4.69) is 28.2 Å². The largest absolute Gasteiger partial charge is 0.506 e. The molecule has 4 aromatic rings. The molecular formula is C23H17N3O. The Morgan fingerprint density at radius 3 is 2.26 bits per heavy atom. The number of allylic oxidation sites excluding steroid dienone is 1. The third kappa shape index (κ3) is 3.44. The van der Waals surface area contributed by atoms with Gasteiger partial charge in [0.2, 0.25) is 0 Å². The van der Waals surface area contributed by atoms with Gasteiger partial charge in [-0.2, -0.15) is 5.26 Å². The topological polar surface area (TPSA) is 72.7 Å². The molecule has 0 saturated heterocycles. The fraction of sp³-hybridized carbons (Fsp3) is 0.0435. The van der Waals surface area contributed by atoms with Crippen molar-refractivity contribution >= 4 is 22.4 Å². The summed E-state index contributed by atoms with van der Waals surface area (Å²) in [6.07, 6.45) is 0.820. The molecule has 0 fully saturated rings. The normalized spacial score (nSPS) is 11.8. The Kier molecular flexibility index (Phi) is 4.42. The van der Waals surface area contributed by atoms with E-state index in [1.165, 1.54) is 5.56 Å². The molecule has 4 nitrogen and oxygen atoms in total. The SMILES string of the molecule is N#C/C(=C(/O)c1ccc(Cc2ccccc2)cc1)c1nc2ccccc2[nH]1. The molecule has 4 rings (SSSR count). The summed E-state index contributed by atoms with van der Waals surface area (Å²) in [6, 6.07) is 27.4. The van der Waals surface area contributed by atoms with Crippen LogP contribution in [0.25, 0.3) is 22.4 Å². The fourth-order valence-electron chi connectivity index (χ4n) is 3.05. The predicted octanol–water partition coefficient (Wildman–Crippen LogP) is 5.10. The molecule has 0 saturated carbocycles. The number of nitrogens with one attached hydrogen (secondary N) is 1. The number of fused-ring (bicyclic) bond motifs is 1. The number of hydrogen-bond acceptors (Lipinski definition) is 3. The summed E-state index contributed by atoms with van der Waals surface area (Å²) in [5, 5.41) is 20.2. The maximum atomic E-state index is 10.6. The third-order valence-electron chi connectivity index (χ3n) is 4.45. The molecule has 0 spiro atoms. The summed E-state index contributed by atoms with van der Waals surface area (Å²) in [6.45, 7) is 0. The zero-order valence-corrected chi connectivity index (χ0v) is 14.6. The summed E-state index contributed by atoms with van der Waals surface area (Å²) in [4.78, 5) is 7.50. The van der Waals surface area contributed by atoms with Crippen LogP contribution in [0.5, 0.6) is 0 Å². The molecule has 0 unspecified atom stereocenters. The molecule has 0 aliphatic carbocycles. The van der Waals surface area contributed by atoms with Crippen molar-refractivity contribution in [2.45, 2.75) is 6.42 Å². The van der Waals surface area contributed by atoms with Crippen molar-refractivity contribution < 1.29 is 5.11 Å². The van der Waals surface area contributed by atoms with Crippen LogP contribution in [0.2, 0.25) is 0 Å². The second-order valence-electron chi connectivity index (χ2n) is 6.30. The molecule has 2 N–H and O–H groups in total. The number of nitrogens with zero attached hydrogens (tertiary/aromatic N) is 2. The minimum atomic E-state index is -0.0807. The van der Waals surface area contributed by atoms with E-state index in [0.29, 0.717) is 11.4 Å². The van der Waals surface area contributed by atoms with Crippen LogP contribution in [0.15, 0.2) is 78.9 Å². The lowest BCUT2D eigenvalue weighted by molar-refractivity contribution is 0.514. The van der Waals surface area contributed by atoms with Crippen LogP contribution in [0, 0.1) is 11.3 Å². The molecule has 0 aliphatic heterocycles. The molecule has 3 aromatic carbocycles. The molecule has 0 bridgehead atoms. The summed E-state index contributed by atoms with van der Waals surface area (Å²) in [5.74, 6) is 0.285. The molecule has 0 amide bonds. The van der Waals surface area contributed by atoms with Gasteiger partial charge in [0.1, 0.15) is 17.4 Å². The minimum absolute atomic E-state index is 0.0807. The number of hydrogen-bond donors (Lipinski definition) is 2. The molecule has 130 valence electrons. The second kappa shape index (κ2) is 7.19. The summed E-state index contributed by atoms with van der Waals surface area (Å²) >= 11 is 0. The predicted molar refractivity (Wildman–Crippen MR) is 107 cm³/mol. The van der Waals surface area contributed by atoms with Gasteiger partial charge in [0.25, 0.3) is 0 Å². The van der Waals surface area contributed by atoms with Crippen LogP contribution in [0.3, 0.4) is 0 Å². The monoisotopic (exact) mass is 351 g/mol. The van der Waals surface area contributed by atoms with Crippen molar-refractivity contribution in [2.24, 2.45) is 0 Å². The number of imidazole rings is 1. The Hall–Kier alpha value is -3.84. The van der Waals surface area contributed by atoms with Crippen molar-refractivity contribution in [3.05, 3.63) is 101 Å². The first-order valence-electron chi connectivity index (χ1n) is 8.66. The third-order valence-corrected chi connectivity index (χ3v) is 4.45. The van der Waals surface area contributed by atoms with Crippen molar-refractivity contribution in [1.82, 2.24) is 9.97 Å². The average Bonchev–Trinajstić information content (AvgIpc) is 3.13. The van der Waals surface area contributed by atoms with E-state index >= 15 is 0 Å². The number of aliphatic hydroxyl groups excluding tert-OH is 1. The number of rotatable bonds is 4. The van der Waals surface area contributed by atoms with Crippen LogP contribution in [-0.2, 0) is 6.42 Å². The summed E-state index contributed by atoms with van der Waals surface area (Å²) in [5.41, 5.74) is 4.66. The molecule has 0 atom stereocenters. The number of benzene rings is 3. The molecule has 0 radical (unpaired) electrons. The van der Waals surface area contributed by atoms with Crippen LogP contribution < -0.4 is 0 Å². The number of H-pyrrole nitrogens is 1. The maximum Gasteiger partial charge on any atom is 0.153 e. The molecule has 0 aliphatic rings. The Morgan fingerprint density at radius 2 is 1.56 bits per heavy atom. The Bertz CT molecular complexity index is 1120. The second-order valence-corrected chi connectivity index (χ2v) is 6.30. The number of para-hydroxylation sites is 2. The van der Waals surface area contributed by atoms with Gasteiger partial charge in [-0.15, -0.1) is 0 Å². The van der Waals surface area contributed by atoms with E-state index in [-0.39, 0.29) is 11.3 Å². The number of aliphatic hydroxyl groups is 1. The Labute approximate surface area is 157 Å². The highest BCUT2D eigenvalue weighted by atomic mass is 16.3. The number of aromatic amines is 1. The highest BCUT2D eigenvalue weighted by Crippen LogP contribution is 2.24. The molecule has 4 heteroatoms. The van der Waals surface area contributed by atoms with Gasteiger partial charge in [0, 0.05) is 5.56 Å². The van der Waals surface area contributed by atoms with Crippen molar-refractivity contribution in [3.8, 4) is 6.07 Å². The van der Waals surface area contributed by atoms with E-state index in [9.17, 15) is 10.4 Å². The first-order chi connectivity index (χ1) is 13.2. The van der Waals surface area contributed by atoms with Gasteiger partial charge >= 0.3 is 0 Å². The van der Waals surface area contributed by atoms with Gasteiger partial charge in [-0.3, -0.25) is 0 Å². The fourth-order valence-corrected chi connectivity index (χ4v) is 3.05. The van der Waals surface area contributed by atoms with Crippen molar-refractivity contribution in [3.63, 3.8) is 0 Å². The van der Waals surface area contributed by atoms with Gasteiger partial charge < -0.3 is 10.1 Å². The highest BCUT2D eigenvalue weighted by Gasteiger charge is 2.14. The zero-order valence-electron chi connectivity index (χ0n) is 14.6. The zero-order chi connectivity index (χ0) is 18.6. The molecule has 1 heterocycles. The van der Waals surface area contributed by atoms with Gasteiger partial charge in [0.05, 0.1) is 11.0 Å². The van der Waals surface area contributed by atoms with Crippen molar-refractivity contribution in [1.29, 1.82) is 5.26 Å². The molecule has 1 aromatic heterocycles. The highest BCUT2D eigenvalue weighted by molar-refractivity contribution is 5.94. The smallest absolute Gasteiger partial charge is 0.153 e. The van der Waals surface area contributed by atoms with Gasteiger partial charge in [-0.1, -0.05) is 66.7 Å². The van der Waals surface area contributed by atoms with E-state index in [0.717, 1.165) is 23.0 Å². The van der Waals surface area contributed by atoms with Crippen LogP contribution in [-0.4, -0.2) is 15.1 Å². The van der Waals surface area contributed by atoms with E-state index < -0.39 is 0 Å². The van der Waals surface area contributed by atoms with E-state index in [1.54, 1.807) is 0 Å². The van der Waals surface area contributed by atoms with Crippen LogP contribution >= 0.6 is 0 Å². The van der Waals surface area contributed by atoms with Gasteiger partial charge in [-0.05, 0) is 29.7 Å². The summed E-state index contributed by atoms with van der Waals surface area (Å²) < 4.78 is 0. The van der Waals surface area contributed by atoms with Gasteiger partial charge in [0.15, 0.2) is 5.82 Å². The van der Waals surface area contributed by atoms with E-state index in [4.69, 9.17) is 0 Å². The standard InChI is InChI=1S/C23H17N3O/c24-15-19(23-25-20-8-4-5-9-21(20)26-23)22(27)18-12-10-17(11-13-18)14-16-6-2-1-3-7-16/h1-13,27H,14H2,(H,25,26)/b22-19-. The maximum absolute atomic E-state index is 10.6. The molecular weight excluding hydrogens is 334 g/mol. The number of aromatic nitrogens is 2. The quantitative estimate of drug-likeness (QED) is 0.397. The average molecular weight is 351 g/mol. The lowest BCUT2D eigenvalue weighted by Gasteiger charge is -2.06. The Morgan fingerprint density at radius 1 is 0.889 bits per heavy atom. The van der Waals surface area contributed by atoms with Crippen LogP contribution in [0.4, 0.5) is 0 Å². The minimum Gasteiger partial charge on any atom is -0.506 e. The van der Waals surface area contributed by atoms with Gasteiger partial charge in [-0.25, -0.2) is 4.98 Å². The lowest BCUT2D eigenvalue weighted by Crippen LogP contribution is -1.94.